The average molecular weight is 523 g/mol. The van der Waals surface area contributed by atoms with Crippen LogP contribution in [0.25, 0.3) is 0 Å². The molecule has 0 radical (unpaired) electrons. The molecule has 0 spiro atoms. The molecule has 2 fully saturated rings. The van der Waals surface area contributed by atoms with Crippen LogP contribution in [-0.4, -0.2) is 63.2 Å². The van der Waals surface area contributed by atoms with Crippen molar-refractivity contribution in [1.29, 1.82) is 0 Å². The molecule has 5 rings (SSSR count). The molecule has 34 heavy (non-hydrogen) atoms. The van der Waals surface area contributed by atoms with Crippen molar-refractivity contribution < 1.29 is 18.8 Å². The normalized spacial score (nSPS) is 23.4. The van der Waals surface area contributed by atoms with Crippen LogP contribution >= 0.6 is 23.2 Å². The van der Waals surface area contributed by atoms with Crippen molar-refractivity contribution in [3.05, 3.63) is 70.7 Å². The summed E-state index contributed by atoms with van der Waals surface area (Å²) in [5.41, 5.74) is 1.78. The van der Waals surface area contributed by atoms with Crippen molar-refractivity contribution in [1.82, 2.24) is 14.8 Å². The highest BCUT2D eigenvalue weighted by Crippen LogP contribution is 2.40. The highest BCUT2D eigenvalue weighted by molar-refractivity contribution is 7.91. The maximum absolute atomic E-state index is 11.6. The van der Waals surface area contributed by atoms with E-state index in [4.69, 9.17) is 37.4 Å². The first-order valence-electron chi connectivity index (χ1n) is 10.9. The molecule has 2 saturated heterocycles. The molecule has 8 nitrogen and oxygen atoms in total. The molecule has 180 valence electrons. The Labute approximate surface area is 210 Å². The Kier molecular flexibility index (Phi) is 7.19. The number of anilines is 1. The van der Waals surface area contributed by atoms with E-state index in [1.165, 1.54) is 6.33 Å². The number of aromatic nitrogens is 3. The number of ether oxygens (including phenoxy) is 3. The molecular formula is C23H24Cl2N4O4S. The molecular weight excluding hydrogens is 499 g/mol. The van der Waals surface area contributed by atoms with Gasteiger partial charge in [-0.1, -0.05) is 40.4 Å². The highest BCUT2D eigenvalue weighted by Gasteiger charge is 2.45. The van der Waals surface area contributed by atoms with Crippen LogP contribution in [0.3, 0.4) is 0 Å². The third-order valence-electron chi connectivity index (χ3n) is 5.85. The van der Waals surface area contributed by atoms with Crippen molar-refractivity contribution >= 4 is 40.1 Å². The summed E-state index contributed by atoms with van der Waals surface area (Å²) < 4.78 is 31.8. The van der Waals surface area contributed by atoms with Gasteiger partial charge in [-0.25, -0.2) is 9.67 Å². The van der Waals surface area contributed by atoms with Gasteiger partial charge in [-0.15, -0.1) is 0 Å². The molecule has 0 amide bonds. The van der Waals surface area contributed by atoms with Gasteiger partial charge < -0.3 is 23.7 Å². The van der Waals surface area contributed by atoms with Gasteiger partial charge in [0.2, 0.25) is 5.79 Å². The predicted octanol–water partition coefficient (Wildman–Crippen LogP) is 3.50. The number of rotatable bonds is 7. The molecule has 2 aliphatic rings. The highest BCUT2D eigenvalue weighted by atomic mass is 35.5. The first-order valence-corrected chi connectivity index (χ1v) is 13.2. The summed E-state index contributed by atoms with van der Waals surface area (Å²) in [5, 5.41) is 5.17. The second kappa shape index (κ2) is 10.3. The summed E-state index contributed by atoms with van der Waals surface area (Å²) >= 11 is 11.9. The molecule has 3 aromatic rings. The van der Waals surface area contributed by atoms with E-state index >= 15 is 0 Å². The Morgan fingerprint density at radius 1 is 1.15 bits per heavy atom. The van der Waals surface area contributed by atoms with Crippen LogP contribution in [0.4, 0.5) is 5.69 Å². The summed E-state index contributed by atoms with van der Waals surface area (Å²) in [4.78, 5) is 6.25. The zero-order chi connectivity index (χ0) is 23.5. The zero-order valence-electron chi connectivity index (χ0n) is 18.3. The zero-order valence-corrected chi connectivity index (χ0v) is 20.6. The maximum atomic E-state index is 11.6. The smallest absolute Gasteiger partial charge is 0.217 e. The van der Waals surface area contributed by atoms with Crippen LogP contribution in [0.5, 0.6) is 5.75 Å². The van der Waals surface area contributed by atoms with Crippen molar-refractivity contribution in [3.8, 4) is 5.75 Å². The minimum absolute atomic E-state index is 0.278. The van der Waals surface area contributed by atoms with E-state index in [9.17, 15) is 4.55 Å². The fourth-order valence-corrected chi connectivity index (χ4v) is 5.73. The Balaban J connectivity index is 1.25. The molecule has 3 heterocycles. The molecule has 0 aliphatic carbocycles. The van der Waals surface area contributed by atoms with Gasteiger partial charge in [0, 0.05) is 16.3 Å². The average Bonchev–Trinajstić information content (AvgIpc) is 3.49. The van der Waals surface area contributed by atoms with Crippen molar-refractivity contribution in [2.75, 3.05) is 42.7 Å². The van der Waals surface area contributed by atoms with Crippen molar-refractivity contribution in [3.63, 3.8) is 0 Å². The second-order valence-electron chi connectivity index (χ2n) is 8.16. The van der Waals surface area contributed by atoms with Gasteiger partial charge in [0.15, 0.2) is 0 Å². The number of nitrogens with zero attached hydrogens (tertiary/aromatic N) is 4. The Bertz CT molecular complexity index is 1100. The number of halogens is 2. The fourth-order valence-electron chi connectivity index (χ4n) is 4.12. The maximum Gasteiger partial charge on any atom is 0.217 e. The topological polar surface area (TPSA) is 84.7 Å². The number of hydrogen-bond donors (Lipinski definition) is 0. The van der Waals surface area contributed by atoms with E-state index in [-0.39, 0.29) is 12.6 Å². The summed E-state index contributed by atoms with van der Waals surface area (Å²) in [6, 6.07) is 13.2. The summed E-state index contributed by atoms with van der Waals surface area (Å²) in [7, 11) is 0. The third-order valence-corrected chi connectivity index (χ3v) is 7.68. The van der Waals surface area contributed by atoms with E-state index in [0.29, 0.717) is 40.3 Å². The molecule has 0 unspecified atom stereocenters. The van der Waals surface area contributed by atoms with Gasteiger partial charge in [0.1, 0.15) is 49.2 Å². The first kappa shape index (κ1) is 23.7. The van der Waals surface area contributed by atoms with Gasteiger partial charge in [-0.3, -0.25) is 0 Å². The molecule has 0 N–H and O–H groups in total. The minimum atomic E-state index is -1.14. The number of benzene rings is 2. The molecule has 11 heteroatoms. The van der Waals surface area contributed by atoms with Crippen LogP contribution < -0.4 is 9.64 Å². The SMILES string of the molecule is [O-][S+]1CCN(c2ccc(OC[C@@H]3CO[C@@](Cn4cncn4)(c4ccc(Cl)cc4Cl)O3)cc2)CC1. The Morgan fingerprint density at radius 3 is 2.65 bits per heavy atom. The van der Waals surface area contributed by atoms with Crippen LogP contribution in [0, 0.1) is 0 Å². The number of hydrogen-bond acceptors (Lipinski definition) is 7. The largest absolute Gasteiger partial charge is 0.616 e. The van der Waals surface area contributed by atoms with Crippen LogP contribution in [-0.2, 0) is 33.0 Å². The van der Waals surface area contributed by atoms with Gasteiger partial charge in [-0.2, -0.15) is 5.10 Å². The van der Waals surface area contributed by atoms with Gasteiger partial charge >= 0.3 is 0 Å². The fraction of sp³-hybridized carbons (Fsp3) is 0.391. The minimum Gasteiger partial charge on any atom is -0.616 e. The second-order valence-corrected chi connectivity index (χ2v) is 10.7. The molecule has 2 aromatic carbocycles. The van der Waals surface area contributed by atoms with E-state index in [1.807, 2.05) is 24.3 Å². The van der Waals surface area contributed by atoms with Crippen molar-refractivity contribution in [2.45, 2.75) is 18.4 Å². The molecule has 2 aliphatic heterocycles. The molecule has 0 saturated carbocycles. The predicted molar refractivity (Wildman–Crippen MR) is 131 cm³/mol. The molecule has 1 aromatic heterocycles. The van der Waals surface area contributed by atoms with E-state index in [2.05, 4.69) is 15.0 Å². The molecule has 0 bridgehead atoms. The molecule has 2 atom stereocenters. The lowest BCUT2D eigenvalue weighted by molar-refractivity contribution is -0.190. The lowest BCUT2D eigenvalue weighted by Gasteiger charge is -2.30. The Morgan fingerprint density at radius 2 is 1.94 bits per heavy atom. The van der Waals surface area contributed by atoms with Crippen LogP contribution in [0.1, 0.15) is 5.56 Å². The monoisotopic (exact) mass is 522 g/mol. The van der Waals surface area contributed by atoms with Crippen LogP contribution in [0.2, 0.25) is 10.0 Å². The quantitative estimate of drug-likeness (QED) is 0.439. The lowest BCUT2D eigenvalue weighted by Crippen LogP contribution is -2.40. The van der Waals surface area contributed by atoms with Gasteiger partial charge in [0.25, 0.3) is 0 Å². The van der Waals surface area contributed by atoms with Gasteiger partial charge in [-0.05, 0) is 36.4 Å². The van der Waals surface area contributed by atoms with E-state index in [0.717, 1.165) is 24.5 Å². The summed E-state index contributed by atoms with van der Waals surface area (Å²) in [6.07, 6.45) is 2.75. The van der Waals surface area contributed by atoms with Crippen molar-refractivity contribution in [2.24, 2.45) is 0 Å². The van der Waals surface area contributed by atoms with E-state index in [1.54, 1.807) is 29.2 Å². The Hall–Kier alpha value is -2.01. The van der Waals surface area contributed by atoms with Gasteiger partial charge in [0.05, 0.1) is 24.7 Å². The third kappa shape index (κ3) is 5.30. The standard InChI is InChI=1S/C23H24Cl2N4O4S/c24-17-1-6-21(22(25)11-17)23(14-29-16-26-15-27-29)32-13-20(33-23)12-31-19-4-2-18(3-5-19)28-7-9-34(30)10-8-28/h1-6,11,15-16,20H,7-10,12-14H2/t20-,23-/m1/s1. The summed E-state index contributed by atoms with van der Waals surface area (Å²) in [6.45, 7) is 2.53. The first-order chi connectivity index (χ1) is 16.5. The lowest BCUT2D eigenvalue weighted by atomic mass is 10.1. The summed E-state index contributed by atoms with van der Waals surface area (Å²) in [5.74, 6) is 1.03. The van der Waals surface area contributed by atoms with E-state index < -0.39 is 17.0 Å². The van der Waals surface area contributed by atoms with Crippen LogP contribution in [0.15, 0.2) is 55.1 Å².